The predicted octanol–water partition coefficient (Wildman–Crippen LogP) is -2.37. The SMILES string of the molecule is O=C(O)C1=CC=CN(C2O[C@H](CO)[C@@H](O)[C@H](O)[C@H]2O)C1. The summed E-state index contributed by atoms with van der Waals surface area (Å²) in [6, 6.07) is 0. The van der Waals surface area contributed by atoms with Crippen LogP contribution in [0.3, 0.4) is 0 Å². The molecule has 0 aliphatic carbocycles. The summed E-state index contributed by atoms with van der Waals surface area (Å²) in [5, 5.41) is 47.4. The molecule has 0 bridgehead atoms. The Hall–Kier alpha value is -1.45. The van der Waals surface area contributed by atoms with Crippen LogP contribution in [0.25, 0.3) is 0 Å². The van der Waals surface area contributed by atoms with Gasteiger partial charge in [-0.1, -0.05) is 0 Å². The highest BCUT2D eigenvalue weighted by Gasteiger charge is 2.45. The molecule has 0 aromatic rings. The van der Waals surface area contributed by atoms with Crippen molar-refractivity contribution in [3.05, 3.63) is 23.9 Å². The van der Waals surface area contributed by atoms with Gasteiger partial charge in [-0.25, -0.2) is 4.79 Å². The Bertz CT molecular complexity index is 434. The molecule has 0 amide bonds. The van der Waals surface area contributed by atoms with E-state index >= 15 is 0 Å². The lowest BCUT2D eigenvalue weighted by Gasteiger charge is -2.44. The van der Waals surface area contributed by atoms with Gasteiger partial charge in [0.25, 0.3) is 0 Å². The summed E-state index contributed by atoms with van der Waals surface area (Å²) in [5.41, 5.74) is 0.101. The molecule has 0 saturated carbocycles. The van der Waals surface area contributed by atoms with Gasteiger partial charge in [-0.2, -0.15) is 0 Å². The van der Waals surface area contributed by atoms with Gasteiger partial charge in [0, 0.05) is 6.20 Å². The fraction of sp³-hybridized carbons (Fsp3) is 0.583. The second-order valence-corrected chi connectivity index (χ2v) is 4.73. The molecule has 2 rings (SSSR count). The highest BCUT2D eigenvalue weighted by molar-refractivity contribution is 5.87. The Morgan fingerprint density at radius 3 is 2.60 bits per heavy atom. The van der Waals surface area contributed by atoms with Crippen molar-refractivity contribution >= 4 is 5.97 Å². The average molecular weight is 287 g/mol. The van der Waals surface area contributed by atoms with Crippen LogP contribution in [0.5, 0.6) is 0 Å². The van der Waals surface area contributed by atoms with Crippen molar-refractivity contribution < 1.29 is 35.1 Å². The molecule has 112 valence electrons. The van der Waals surface area contributed by atoms with Gasteiger partial charge in [-0.05, 0) is 12.2 Å². The van der Waals surface area contributed by atoms with Crippen molar-refractivity contribution in [1.82, 2.24) is 4.90 Å². The van der Waals surface area contributed by atoms with Gasteiger partial charge < -0.3 is 35.2 Å². The number of aliphatic carboxylic acids is 1. The van der Waals surface area contributed by atoms with Crippen LogP contribution in [-0.2, 0) is 9.53 Å². The molecule has 8 heteroatoms. The van der Waals surface area contributed by atoms with E-state index in [0.29, 0.717) is 0 Å². The molecule has 0 aromatic carbocycles. The lowest BCUT2D eigenvalue weighted by atomic mass is 9.97. The molecule has 5 atom stereocenters. The van der Waals surface area contributed by atoms with Crippen molar-refractivity contribution in [3.8, 4) is 0 Å². The number of carboxylic acid groups (broad SMARTS) is 1. The van der Waals surface area contributed by atoms with Crippen LogP contribution in [0, 0.1) is 0 Å². The molecule has 2 aliphatic heterocycles. The fourth-order valence-electron chi connectivity index (χ4n) is 2.24. The molecule has 2 heterocycles. The van der Waals surface area contributed by atoms with Crippen LogP contribution < -0.4 is 0 Å². The normalized spacial score (nSPS) is 37.7. The Morgan fingerprint density at radius 1 is 1.30 bits per heavy atom. The van der Waals surface area contributed by atoms with E-state index in [-0.39, 0.29) is 12.1 Å². The topological polar surface area (TPSA) is 131 Å². The molecular formula is C12H17NO7. The maximum absolute atomic E-state index is 10.9. The fourth-order valence-corrected chi connectivity index (χ4v) is 2.24. The van der Waals surface area contributed by atoms with Gasteiger partial charge in [0.15, 0.2) is 6.23 Å². The van der Waals surface area contributed by atoms with E-state index in [1.165, 1.54) is 23.3 Å². The van der Waals surface area contributed by atoms with Crippen molar-refractivity contribution in [2.45, 2.75) is 30.6 Å². The van der Waals surface area contributed by atoms with Crippen molar-refractivity contribution in [2.75, 3.05) is 13.2 Å². The lowest BCUT2D eigenvalue weighted by Crippen LogP contribution is -2.62. The number of aliphatic hydroxyl groups is 4. The van der Waals surface area contributed by atoms with Gasteiger partial charge >= 0.3 is 5.97 Å². The van der Waals surface area contributed by atoms with Crippen molar-refractivity contribution in [3.63, 3.8) is 0 Å². The summed E-state index contributed by atoms with van der Waals surface area (Å²) in [6.45, 7) is -0.546. The maximum Gasteiger partial charge on any atom is 0.333 e. The highest BCUT2D eigenvalue weighted by atomic mass is 16.6. The minimum atomic E-state index is -1.49. The number of hydrogen-bond acceptors (Lipinski definition) is 7. The minimum absolute atomic E-state index is 0.0193. The predicted molar refractivity (Wildman–Crippen MR) is 65.3 cm³/mol. The zero-order valence-corrected chi connectivity index (χ0v) is 10.5. The molecule has 5 N–H and O–H groups in total. The van der Waals surface area contributed by atoms with Crippen LogP contribution >= 0.6 is 0 Å². The molecule has 1 fully saturated rings. The number of aliphatic hydroxyl groups excluding tert-OH is 4. The molecule has 8 nitrogen and oxygen atoms in total. The first-order valence-corrected chi connectivity index (χ1v) is 6.12. The van der Waals surface area contributed by atoms with Gasteiger partial charge in [-0.15, -0.1) is 0 Å². The summed E-state index contributed by atoms with van der Waals surface area (Å²) < 4.78 is 5.34. The summed E-state index contributed by atoms with van der Waals surface area (Å²) in [5.74, 6) is -1.09. The number of carbonyl (C=O) groups is 1. The van der Waals surface area contributed by atoms with Crippen LogP contribution in [0.4, 0.5) is 0 Å². The van der Waals surface area contributed by atoms with E-state index in [0.717, 1.165) is 0 Å². The second-order valence-electron chi connectivity index (χ2n) is 4.73. The second kappa shape index (κ2) is 5.90. The van der Waals surface area contributed by atoms with E-state index in [2.05, 4.69) is 0 Å². The molecule has 0 aromatic heterocycles. The van der Waals surface area contributed by atoms with Crippen LogP contribution in [-0.4, -0.2) is 80.2 Å². The summed E-state index contributed by atoms with van der Waals surface area (Å²) in [7, 11) is 0. The third-order valence-electron chi connectivity index (χ3n) is 3.40. The monoisotopic (exact) mass is 287 g/mol. The molecule has 2 aliphatic rings. The standard InChI is InChI=1S/C12H17NO7/c14-5-7-8(15)9(16)10(17)11(20-7)13-3-1-2-6(4-13)12(18)19/h1-3,7-11,14-17H,4-5H2,(H,18,19)/t7-,8-,9+,10-,11?/m1/s1. The van der Waals surface area contributed by atoms with E-state index in [4.69, 9.17) is 14.9 Å². The van der Waals surface area contributed by atoms with Gasteiger partial charge in [-0.3, -0.25) is 0 Å². The summed E-state index contributed by atoms with van der Waals surface area (Å²) >= 11 is 0. The zero-order valence-electron chi connectivity index (χ0n) is 10.5. The smallest absolute Gasteiger partial charge is 0.333 e. The van der Waals surface area contributed by atoms with Gasteiger partial charge in [0.2, 0.25) is 0 Å². The Kier molecular flexibility index (Phi) is 4.41. The van der Waals surface area contributed by atoms with E-state index in [1.807, 2.05) is 0 Å². The molecular weight excluding hydrogens is 270 g/mol. The van der Waals surface area contributed by atoms with E-state index in [1.54, 1.807) is 0 Å². The average Bonchev–Trinajstić information content (AvgIpc) is 2.45. The number of nitrogens with zero attached hydrogens (tertiary/aromatic N) is 1. The molecule has 0 radical (unpaired) electrons. The van der Waals surface area contributed by atoms with E-state index in [9.17, 15) is 20.1 Å². The number of rotatable bonds is 3. The Balaban J connectivity index is 2.14. The summed E-state index contributed by atoms with van der Waals surface area (Å²) in [6.07, 6.45) is -2.01. The first-order chi connectivity index (χ1) is 9.45. The summed E-state index contributed by atoms with van der Waals surface area (Å²) in [4.78, 5) is 12.3. The largest absolute Gasteiger partial charge is 0.478 e. The van der Waals surface area contributed by atoms with E-state index < -0.39 is 43.2 Å². The number of hydrogen-bond donors (Lipinski definition) is 5. The number of carboxylic acids is 1. The Labute approximate surface area is 114 Å². The van der Waals surface area contributed by atoms with Gasteiger partial charge in [0.1, 0.15) is 24.4 Å². The van der Waals surface area contributed by atoms with Gasteiger partial charge in [0.05, 0.1) is 18.7 Å². The highest BCUT2D eigenvalue weighted by Crippen LogP contribution is 2.25. The first-order valence-electron chi connectivity index (χ1n) is 6.12. The minimum Gasteiger partial charge on any atom is -0.478 e. The molecule has 1 saturated heterocycles. The molecule has 20 heavy (non-hydrogen) atoms. The zero-order chi connectivity index (χ0) is 14.9. The Morgan fingerprint density at radius 2 is 2.00 bits per heavy atom. The van der Waals surface area contributed by atoms with Crippen molar-refractivity contribution in [1.29, 1.82) is 0 Å². The molecule has 1 unspecified atom stereocenters. The van der Waals surface area contributed by atoms with Crippen LogP contribution in [0.2, 0.25) is 0 Å². The molecule has 0 spiro atoms. The van der Waals surface area contributed by atoms with Crippen molar-refractivity contribution in [2.24, 2.45) is 0 Å². The van der Waals surface area contributed by atoms with Crippen LogP contribution in [0.15, 0.2) is 23.9 Å². The third kappa shape index (κ3) is 2.69. The quantitative estimate of drug-likeness (QED) is 0.389. The number of allylic oxidation sites excluding steroid dienone is 2. The maximum atomic E-state index is 10.9. The number of ether oxygens (including phenoxy) is 1. The third-order valence-corrected chi connectivity index (χ3v) is 3.40. The first kappa shape index (κ1) is 14.9. The lowest BCUT2D eigenvalue weighted by molar-refractivity contribution is -0.258. The van der Waals surface area contributed by atoms with Crippen LogP contribution in [0.1, 0.15) is 0 Å².